The number of hydrogen-bond acceptors (Lipinski definition) is 1. The molecule has 0 saturated carbocycles. The van der Waals surface area contributed by atoms with Crippen LogP contribution in [0.5, 0.6) is 5.75 Å². The van der Waals surface area contributed by atoms with Gasteiger partial charge in [0, 0.05) is 0 Å². The fourth-order valence-corrected chi connectivity index (χ4v) is 5.02. The maximum absolute atomic E-state index is 5.44. The summed E-state index contributed by atoms with van der Waals surface area (Å²) in [5, 5.41) is 4.08. The molecule has 110 valence electrons. The van der Waals surface area contributed by atoms with Crippen molar-refractivity contribution in [3.05, 3.63) is 84.4 Å². The fraction of sp³-hybridized carbons (Fsp3) is 0.100. The molecule has 0 spiro atoms. The first-order valence-electron chi connectivity index (χ1n) is 7.34. The van der Waals surface area contributed by atoms with Crippen LogP contribution < -0.4 is 20.7 Å². The normalized spacial score (nSPS) is 10.7. The summed E-state index contributed by atoms with van der Waals surface area (Å²) in [7, 11) is 1.16. The lowest BCUT2D eigenvalue weighted by atomic mass is 10.2. The predicted molar refractivity (Wildman–Crippen MR) is 96.4 cm³/mol. The molecule has 0 aromatic heterocycles. The SMILES string of the molecule is COc1ccc(C)c(P(c2ccccc2)c2ccccc2)c1. The van der Waals surface area contributed by atoms with Gasteiger partial charge < -0.3 is 4.74 Å². The Morgan fingerprint density at radius 3 is 1.77 bits per heavy atom. The minimum atomic E-state index is -0.569. The van der Waals surface area contributed by atoms with Crippen LogP contribution >= 0.6 is 7.92 Å². The zero-order chi connectivity index (χ0) is 15.4. The number of rotatable bonds is 4. The number of hydrogen-bond donors (Lipinski definition) is 0. The van der Waals surface area contributed by atoms with Gasteiger partial charge in [0.1, 0.15) is 5.75 Å². The summed E-state index contributed by atoms with van der Waals surface area (Å²) in [6.07, 6.45) is 0. The second-order valence-corrected chi connectivity index (χ2v) is 7.34. The van der Waals surface area contributed by atoms with Crippen LogP contribution in [0.4, 0.5) is 0 Å². The summed E-state index contributed by atoms with van der Waals surface area (Å²) in [5.74, 6) is 0.917. The second kappa shape index (κ2) is 6.77. The van der Waals surface area contributed by atoms with Gasteiger partial charge in [0.05, 0.1) is 7.11 Å². The quantitative estimate of drug-likeness (QED) is 0.667. The van der Waals surface area contributed by atoms with Gasteiger partial charge in [-0.3, -0.25) is 0 Å². The Balaban J connectivity index is 2.18. The average molecular weight is 306 g/mol. The molecule has 0 atom stereocenters. The Labute approximate surface area is 133 Å². The number of benzene rings is 3. The van der Waals surface area contributed by atoms with E-state index >= 15 is 0 Å². The van der Waals surface area contributed by atoms with E-state index < -0.39 is 7.92 Å². The molecule has 0 aliphatic rings. The summed E-state index contributed by atoms with van der Waals surface area (Å²) in [6, 6.07) is 27.8. The standard InChI is InChI=1S/C20H19OP/c1-16-13-14-17(21-2)15-20(16)22(18-9-5-3-6-10-18)19-11-7-4-8-12-19/h3-15H,1-2H3. The lowest BCUT2D eigenvalue weighted by Gasteiger charge is -2.21. The minimum Gasteiger partial charge on any atom is -0.497 e. The Hall–Kier alpha value is -2.11. The maximum Gasteiger partial charge on any atom is 0.119 e. The van der Waals surface area contributed by atoms with E-state index in [1.807, 2.05) is 6.07 Å². The summed E-state index contributed by atoms with van der Waals surface area (Å²) < 4.78 is 5.44. The molecule has 22 heavy (non-hydrogen) atoms. The van der Waals surface area contributed by atoms with Crippen LogP contribution in [-0.4, -0.2) is 7.11 Å². The zero-order valence-corrected chi connectivity index (χ0v) is 13.8. The van der Waals surface area contributed by atoms with E-state index in [9.17, 15) is 0 Å². The third-order valence-electron chi connectivity index (χ3n) is 3.69. The van der Waals surface area contributed by atoms with Crippen molar-refractivity contribution >= 4 is 23.8 Å². The first-order valence-corrected chi connectivity index (χ1v) is 8.68. The van der Waals surface area contributed by atoms with E-state index in [1.54, 1.807) is 7.11 Å². The molecule has 0 unspecified atom stereocenters. The van der Waals surface area contributed by atoms with Crippen molar-refractivity contribution in [3.8, 4) is 5.75 Å². The van der Waals surface area contributed by atoms with Gasteiger partial charge in [-0.1, -0.05) is 66.7 Å². The van der Waals surface area contributed by atoms with Crippen LogP contribution in [0, 0.1) is 6.92 Å². The number of ether oxygens (including phenoxy) is 1. The Kier molecular flexibility index (Phi) is 4.56. The van der Waals surface area contributed by atoms with E-state index in [1.165, 1.54) is 21.5 Å². The van der Waals surface area contributed by atoms with Gasteiger partial charge in [-0.15, -0.1) is 0 Å². The summed E-state index contributed by atoms with van der Waals surface area (Å²) in [6.45, 7) is 2.18. The van der Waals surface area contributed by atoms with Gasteiger partial charge >= 0.3 is 0 Å². The molecule has 0 radical (unpaired) electrons. The van der Waals surface area contributed by atoms with Gasteiger partial charge in [-0.25, -0.2) is 0 Å². The van der Waals surface area contributed by atoms with Crippen molar-refractivity contribution in [1.29, 1.82) is 0 Å². The maximum atomic E-state index is 5.44. The van der Waals surface area contributed by atoms with Gasteiger partial charge in [0.15, 0.2) is 0 Å². The van der Waals surface area contributed by atoms with Crippen LogP contribution in [0.15, 0.2) is 78.9 Å². The molecule has 0 aliphatic carbocycles. The monoisotopic (exact) mass is 306 g/mol. The third-order valence-corrected chi connectivity index (χ3v) is 6.28. The van der Waals surface area contributed by atoms with Crippen molar-refractivity contribution in [2.75, 3.05) is 7.11 Å². The summed E-state index contributed by atoms with van der Waals surface area (Å²) in [4.78, 5) is 0. The van der Waals surface area contributed by atoms with Crippen LogP contribution in [0.1, 0.15) is 5.56 Å². The molecule has 2 heteroatoms. The topological polar surface area (TPSA) is 9.23 Å². The second-order valence-electron chi connectivity index (χ2n) is 5.16. The average Bonchev–Trinajstić information content (AvgIpc) is 2.59. The van der Waals surface area contributed by atoms with Gasteiger partial charge in [-0.05, 0) is 48.5 Å². The molecular weight excluding hydrogens is 287 g/mol. The molecule has 3 rings (SSSR count). The molecule has 0 N–H and O–H groups in total. The highest BCUT2D eigenvalue weighted by Gasteiger charge is 2.18. The van der Waals surface area contributed by atoms with Crippen LogP contribution in [0.2, 0.25) is 0 Å². The predicted octanol–water partition coefficient (Wildman–Crippen LogP) is 3.76. The van der Waals surface area contributed by atoms with Crippen molar-refractivity contribution in [1.82, 2.24) is 0 Å². The highest BCUT2D eigenvalue weighted by atomic mass is 31.1. The first kappa shape index (κ1) is 14.8. The molecule has 0 aliphatic heterocycles. The van der Waals surface area contributed by atoms with Crippen LogP contribution in [0.3, 0.4) is 0 Å². The zero-order valence-electron chi connectivity index (χ0n) is 12.9. The Bertz CT molecular complexity index is 699. The van der Waals surface area contributed by atoms with Crippen molar-refractivity contribution in [2.24, 2.45) is 0 Å². The minimum absolute atomic E-state index is 0.569. The molecule has 0 saturated heterocycles. The summed E-state index contributed by atoms with van der Waals surface area (Å²) in [5.41, 5.74) is 1.31. The molecule has 0 amide bonds. The molecular formula is C20H19OP. The lowest BCUT2D eigenvalue weighted by molar-refractivity contribution is 0.415. The molecule has 0 heterocycles. The first-order chi connectivity index (χ1) is 10.8. The summed E-state index contributed by atoms with van der Waals surface area (Å²) >= 11 is 0. The van der Waals surface area contributed by atoms with Crippen molar-refractivity contribution in [2.45, 2.75) is 6.92 Å². The Morgan fingerprint density at radius 2 is 1.27 bits per heavy atom. The van der Waals surface area contributed by atoms with E-state index in [0.717, 1.165) is 5.75 Å². The van der Waals surface area contributed by atoms with E-state index in [2.05, 4.69) is 79.7 Å². The number of aryl methyl sites for hydroxylation is 1. The van der Waals surface area contributed by atoms with Gasteiger partial charge in [0.25, 0.3) is 0 Å². The Morgan fingerprint density at radius 1 is 0.727 bits per heavy atom. The molecule has 1 nitrogen and oxygen atoms in total. The van der Waals surface area contributed by atoms with Crippen LogP contribution in [0.25, 0.3) is 0 Å². The number of methoxy groups -OCH3 is 1. The molecule has 3 aromatic carbocycles. The molecule has 3 aromatic rings. The van der Waals surface area contributed by atoms with E-state index in [4.69, 9.17) is 4.74 Å². The smallest absolute Gasteiger partial charge is 0.119 e. The lowest BCUT2D eigenvalue weighted by Crippen LogP contribution is -2.22. The highest BCUT2D eigenvalue weighted by molar-refractivity contribution is 7.79. The van der Waals surface area contributed by atoms with Crippen molar-refractivity contribution in [3.63, 3.8) is 0 Å². The van der Waals surface area contributed by atoms with Gasteiger partial charge in [0.2, 0.25) is 0 Å². The van der Waals surface area contributed by atoms with E-state index in [-0.39, 0.29) is 0 Å². The fourth-order valence-electron chi connectivity index (χ4n) is 2.54. The third kappa shape index (κ3) is 3.05. The van der Waals surface area contributed by atoms with E-state index in [0.29, 0.717) is 0 Å². The van der Waals surface area contributed by atoms with Crippen LogP contribution in [-0.2, 0) is 0 Å². The molecule has 0 fully saturated rings. The van der Waals surface area contributed by atoms with Crippen molar-refractivity contribution < 1.29 is 4.74 Å². The van der Waals surface area contributed by atoms with Gasteiger partial charge in [-0.2, -0.15) is 0 Å². The highest BCUT2D eigenvalue weighted by Crippen LogP contribution is 2.35. The largest absolute Gasteiger partial charge is 0.497 e. The molecule has 0 bridgehead atoms.